The van der Waals surface area contributed by atoms with Crippen LogP contribution in [0.2, 0.25) is 0 Å². The molecule has 0 heterocycles. The third-order valence-corrected chi connectivity index (χ3v) is 4.67. The third kappa shape index (κ3) is 2.30. The monoisotopic (exact) mass is 310 g/mol. The summed E-state index contributed by atoms with van der Waals surface area (Å²) in [5, 5.41) is 4.64. The van der Waals surface area contributed by atoms with Crippen molar-refractivity contribution < 1.29 is 4.79 Å². The number of fused-ring (bicyclic) bond motifs is 2. The molecule has 0 radical (unpaired) electrons. The second-order valence-corrected chi connectivity index (χ2v) is 6.28. The summed E-state index contributed by atoms with van der Waals surface area (Å²) in [6.07, 6.45) is 0. The molecular weight excluding hydrogens is 292 g/mol. The molecule has 1 nitrogen and oxygen atoms in total. The number of hydrogen-bond donors (Lipinski definition) is 0. The second-order valence-electron chi connectivity index (χ2n) is 6.28. The van der Waals surface area contributed by atoms with Crippen LogP contribution in [-0.2, 0) is 0 Å². The van der Waals surface area contributed by atoms with E-state index < -0.39 is 0 Å². The maximum absolute atomic E-state index is 12.3. The molecule has 1 heteroatoms. The molecule has 0 aliphatic heterocycles. The van der Waals surface area contributed by atoms with Gasteiger partial charge in [0.1, 0.15) is 0 Å². The number of ketones is 1. The topological polar surface area (TPSA) is 17.1 Å². The summed E-state index contributed by atoms with van der Waals surface area (Å²) in [6.45, 7) is 3.76. The second kappa shape index (κ2) is 5.61. The summed E-state index contributed by atoms with van der Waals surface area (Å²) >= 11 is 0. The molecule has 0 bridgehead atoms. The lowest BCUT2D eigenvalue weighted by molar-refractivity contribution is 0.101. The number of rotatable bonds is 2. The van der Waals surface area contributed by atoms with Crippen molar-refractivity contribution in [3.63, 3.8) is 0 Å². The number of aryl methyl sites for hydroxylation is 1. The van der Waals surface area contributed by atoms with E-state index in [2.05, 4.69) is 55.5 Å². The lowest BCUT2D eigenvalue weighted by Crippen LogP contribution is -1.98. The molecule has 0 unspecified atom stereocenters. The van der Waals surface area contributed by atoms with Crippen molar-refractivity contribution in [3.05, 3.63) is 83.9 Å². The van der Waals surface area contributed by atoms with E-state index in [4.69, 9.17) is 0 Å². The Morgan fingerprint density at radius 3 is 2.08 bits per heavy atom. The normalized spacial score (nSPS) is 11.1. The van der Waals surface area contributed by atoms with Gasteiger partial charge in [-0.1, -0.05) is 60.7 Å². The van der Waals surface area contributed by atoms with Crippen LogP contribution >= 0.6 is 0 Å². The number of Topliss-reactive ketones (excluding diaryl/α,β-unsaturated/α-hetero) is 1. The summed E-state index contributed by atoms with van der Waals surface area (Å²) < 4.78 is 0. The number of hydrogen-bond acceptors (Lipinski definition) is 1. The minimum atomic E-state index is 0.100. The van der Waals surface area contributed by atoms with E-state index in [9.17, 15) is 4.79 Å². The first-order valence-electron chi connectivity index (χ1n) is 8.17. The smallest absolute Gasteiger partial charge is 0.160 e. The van der Waals surface area contributed by atoms with Gasteiger partial charge in [0.15, 0.2) is 5.78 Å². The number of carbonyl (C=O) groups excluding carboxylic acids is 1. The molecule has 24 heavy (non-hydrogen) atoms. The zero-order chi connectivity index (χ0) is 16.7. The lowest BCUT2D eigenvalue weighted by atomic mass is 9.88. The Morgan fingerprint density at radius 1 is 0.750 bits per heavy atom. The van der Waals surface area contributed by atoms with Gasteiger partial charge in [-0.2, -0.15) is 0 Å². The largest absolute Gasteiger partial charge is 0.294 e. The zero-order valence-electron chi connectivity index (χ0n) is 13.8. The van der Waals surface area contributed by atoms with E-state index in [0.29, 0.717) is 0 Å². The Bertz CT molecular complexity index is 1090. The molecular formula is C23H18O. The lowest BCUT2D eigenvalue weighted by Gasteiger charge is -2.15. The van der Waals surface area contributed by atoms with Crippen LogP contribution in [0.5, 0.6) is 0 Å². The van der Waals surface area contributed by atoms with E-state index in [-0.39, 0.29) is 5.78 Å². The summed E-state index contributed by atoms with van der Waals surface area (Å²) in [5.74, 6) is 0.100. The van der Waals surface area contributed by atoms with Gasteiger partial charge in [0, 0.05) is 5.56 Å². The predicted octanol–water partition coefficient (Wildman–Crippen LogP) is 6.17. The van der Waals surface area contributed by atoms with Crippen LogP contribution in [0, 0.1) is 6.92 Å². The van der Waals surface area contributed by atoms with Crippen molar-refractivity contribution in [3.8, 4) is 11.1 Å². The molecule has 4 rings (SSSR count). The zero-order valence-corrected chi connectivity index (χ0v) is 13.8. The molecule has 0 amide bonds. The van der Waals surface area contributed by atoms with Gasteiger partial charge < -0.3 is 0 Å². The van der Waals surface area contributed by atoms with E-state index in [1.807, 2.05) is 24.3 Å². The van der Waals surface area contributed by atoms with E-state index in [0.717, 1.165) is 27.5 Å². The fourth-order valence-electron chi connectivity index (χ4n) is 3.48. The summed E-state index contributed by atoms with van der Waals surface area (Å²) in [7, 11) is 0. The van der Waals surface area contributed by atoms with Crippen LogP contribution in [0.25, 0.3) is 32.7 Å². The highest BCUT2D eigenvalue weighted by Gasteiger charge is 2.15. The highest BCUT2D eigenvalue weighted by molar-refractivity contribution is 6.10. The van der Waals surface area contributed by atoms with Crippen LogP contribution in [0.1, 0.15) is 22.8 Å². The molecule has 0 spiro atoms. The van der Waals surface area contributed by atoms with Crippen LogP contribution in [0.15, 0.2) is 72.8 Å². The van der Waals surface area contributed by atoms with Gasteiger partial charge in [-0.05, 0) is 64.2 Å². The highest BCUT2D eigenvalue weighted by Crippen LogP contribution is 2.36. The van der Waals surface area contributed by atoms with E-state index in [1.54, 1.807) is 6.92 Å². The first kappa shape index (κ1) is 14.6. The van der Waals surface area contributed by atoms with E-state index in [1.165, 1.54) is 16.3 Å². The molecule has 0 saturated carbocycles. The fourth-order valence-corrected chi connectivity index (χ4v) is 3.48. The van der Waals surface area contributed by atoms with Gasteiger partial charge in [-0.15, -0.1) is 0 Å². The van der Waals surface area contributed by atoms with Gasteiger partial charge in [0.25, 0.3) is 0 Å². The fraction of sp³-hybridized carbons (Fsp3) is 0.0870. The Balaban J connectivity index is 2.15. The predicted molar refractivity (Wildman–Crippen MR) is 102 cm³/mol. The van der Waals surface area contributed by atoms with Crippen LogP contribution in [-0.4, -0.2) is 5.78 Å². The van der Waals surface area contributed by atoms with Crippen LogP contribution < -0.4 is 0 Å². The van der Waals surface area contributed by atoms with Crippen molar-refractivity contribution in [2.24, 2.45) is 0 Å². The minimum absolute atomic E-state index is 0.100. The Morgan fingerprint density at radius 2 is 1.38 bits per heavy atom. The molecule has 0 aliphatic rings. The number of benzene rings is 4. The van der Waals surface area contributed by atoms with Gasteiger partial charge in [0.2, 0.25) is 0 Å². The quantitative estimate of drug-likeness (QED) is 0.404. The third-order valence-electron chi connectivity index (χ3n) is 4.67. The van der Waals surface area contributed by atoms with Gasteiger partial charge >= 0.3 is 0 Å². The Hall–Kier alpha value is -2.93. The molecule has 0 aliphatic carbocycles. The molecule has 0 fully saturated rings. The average Bonchev–Trinajstić information content (AvgIpc) is 2.60. The van der Waals surface area contributed by atoms with Crippen molar-refractivity contribution in [1.82, 2.24) is 0 Å². The van der Waals surface area contributed by atoms with Crippen LogP contribution in [0.3, 0.4) is 0 Å². The van der Waals surface area contributed by atoms with Gasteiger partial charge in [-0.3, -0.25) is 4.79 Å². The standard InChI is InChI=1S/C23H18O/c1-15-11-12-17-7-5-6-10-20(17)23(15)22-14-19-9-4-3-8-18(19)13-21(22)16(2)24/h3-14H,1-2H3. The Kier molecular flexibility index (Phi) is 3.42. The first-order chi connectivity index (χ1) is 11.6. The molecule has 4 aromatic rings. The average molecular weight is 310 g/mol. The first-order valence-corrected chi connectivity index (χ1v) is 8.17. The van der Waals surface area contributed by atoms with Crippen molar-refractivity contribution >= 4 is 27.3 Å². The summed E-state index contributed by atoms with van der Waals surface area (Å²) in [4.78, 5) is 12.3. The summed E-state index contributed by atoms with van der Waals surface area (Å²) in [5.41, 5.74) is 4.15. The van der Waals surface area contributed by atoms with Crippen molar-refractivity contribution in [1.29, 1.82) is 0 Å². The molecule has 0 aromatic heterocycles. The van der Waals surface area contributed by atoms with E-state index >= 15 is 0 Å². The van der Waals surface area contributed by atoms with Crippen molar-refractivity contribution in [2.45, 2.75) is 13.8 Å². The maximum Gasteiger partial charge on any atom is 0.160 e. The molecule has 4 aromatic carbocycles. The molecule has 0 N–H and O–H groups in total. The van der Waals surface area contributed by atoms with Crippen molar-refractivity contribution in [2.75, 3.05) is 0 Å². The summed E-state index contributed by atoms with van der Waals surface area (Å²) in [6, 6.07) is 25.0. The van der Waals surface area contributed by atoms with Gasteiger partial charge in [-0.25, -0.2) is 0 Å². The number of carbonyl (C=O) groups is 1. The maximum atomic E-state index is 12.3. The molecule has 0 atom stereocenters. The molecule has 0 saturated heterocycles. The SMILES string of the molecule is CC(=O)c1cc2ccccc2cc1-c1c(C)ccc2ccccc12. The van der Waals surface area contributed by atoms with Gasteiger partial charge in [0.05, 0.1) is 0 Å². The Labute approximate surface area is 141 Å². The molecule has 116 valence electrons. The minimum Gasteiger partial charge on any atom is -0.294 e. The highest BCUT2D eigenvalue weighted by atomic mass is 16.1. The van der Waals surface area contributed by atoms with Crippen LogP contribution in [0.4, 0.5) is 0 Å².